The summed E-state index contributed by atoms with van der Waals surface area (Å²) in [5, 5.41) is 14.2. The predicted molar refractivity (Wildman–Crippen MR) is 108 cm³/mol. The second-order valence-electron chi connectivity index (χ2n) is 7.55. The van der Waals surface area contributed by atoms with E-state index in [1.165, 1.54) is 16.7 Å². The van der Waals surface area contributed by atoms with Crippen LogP contribution in [0.3, 0.4) is 0 Å². The summed E-state index contributed by atoms with van der Waals surface area (Å²) in [6, 6.07) is 18.5. The van der Waals surface area contributed by atoms with Crippen LogP contribution >= 0.6 is 0 Å². The third-order valence-corrected chi connectivity index (χ3v) is 5.43. The van der Waals surface area contributed by atoms with Crippen LogP contribution in [0.2, 0.25) is 0 Å². The number of rotatable bonds is 8. The van der Waals surface area contributed by atoms with Gasteiger partial charge in [0, 0.05) is 26.2 Å². The maximum Gasteiger partial charge on any atom is 0.255 e. The number of carbonyl (C=O) groups excluding carboxylic acids is 1. The zero-order valence-electron chi connectivity index (χ0n) is 16.2. The molecule has 2 aromatic carbocycles. The van der Waals surface area contributed by atoms with E-state index in [1.54, 1.807) is 0 Å². The highest BCUT2D eigenvalue weighted by atomic mass is 16.3. The van der Waals surface area contributed by atoms with Crippen LogP contribution in [0, 0.1) is 6.92 Å². The fraction of sp³-hybridized carbons (Fsp3) is 0.435. The SMILES string of the molecule is Cc1ccccc1CNC[C@@]1(O)CCCN(CCCc2ccccc2)C1=O. The first-order valence-electron chi connectivity index (χ1n) is 9.89. The van der Waals surface area contributed by atoms with Gasteiger partial charge < -0.3 is 15.3 Å². The molecule has 1 heterocycles. The van der Waals surface area contributed by atoms with Gasteiger partial charge in [-0.1, -0.05) is 54.6 Å². The van der Waals surface area contributed by atoms with Crippen LogP contribution in [0.1, 0.15) is 36.0 Å². The maximum atomic E-state index is 12.8. The van der Waals surface area contributed by atoms with Crippen molar-refractivity contribution in [1.82, 2.24) is 10.2 Å². The molecule has 1 fully saturated rings. The Morgan fingerprint density at radius 2 is 1.85 bits per heavy atom. The first-order valence-corrected chi connectivity index (χ1v) is 9.89. The van der Waals surface area contributed by atoms with Crippen molar-refractivity contribution in [1.29, 1.82) is 0 Å². The van der Waals surface area contributed by atoms with Crippen molar-refractivity contribution in [3.63, 3.8) is 0 Å². The van der Waals surface area contributed by atoms with Crippen molar-refractivity contribution in [2.24, 2.45) is 0 Å². The van der Waals surface area contributed by atoms with E-state index >= 15 is 0 Å². The van der Waals surface area contributed by atoms with Crippen LogP contribution in [-0.4, -0.2) is 41.1 Å². The monoisotopic (exact) mass is 366 g/mol. The fourth-order valence-electron chi connectivity index (χ4n) is 3.77. The zero-order valence-corrected chi connectivity index (χ0v) is 16.2. The number of nitrogens with one attached hydrogen (secondary N) is 1. The van der Waals surface area contributed by atoms with Crippen LogP contribution in [-0.2, 0) is 17.8 Å². The third kappa shape index (κ3) is 5.18. The summed E-state index contributed by atoms with van der Waals surface area (Å²) in [6.45, 7) is 4.49. The summed E-state index contributed by atoms with van der Waals surface area (Å²) in [6.07, 6.45) is 3.25. The summed E-state index contributed by atoms with van der Waals surface area (Å²) in [7, 11) is 0. The number of aryl methyl sites for hydroxylation is 2. The smallest absolute Gasteiger partial charge is 0.255 e. The van der Waals surface area contributed by atoms with E-state index in [4.69, 9.17) is 0 Å². The number of hydrogen-bond acceptors (Lipinski definition) is 3. The van der Waals surface area contributed by atoms with Gasteiger partial charge in [0.1, 0.15) is 0 Å². The van der Waals surface area contributed by atoms with Crippen LogP contribution in [0.25, 0.3) is 0 Å². The van der Waals surface area contributed by atoms with Crippen molar-refractivity contribution in [3.8, 4) is 0 Å². The Morgan fingerprint density at radius 1 is 1.11 bits per heavy atom. The van der Waals surface area contributed by atoms with Gasteiger partial charge in [-0.05, 0) is 49.3 Å². The van der Waals surface area contributed by atoms with Gasteiger partial charge in [-0.15, -0.1) is 0 Å². The fourth-order valence-corrected chi connectivity index (χ4v) is 3.77. The van der Waals surface area contributed by atoms with Crippen molar-refractivity contribution >= 4 is 5.91 Å². The minimum Gasteiger partial charge on any atom is -0.379 e. The summed E-state index contributed by atoms with van der Waals surface area (Å²) < 4.78 is 0. The van der Waals surface area contributed by atoms with Crippen molar-refractivity contribution < 1.29 is 9.90 Å². The standard InChI is InChI=1S/C23H30N2O2/c1-19-9-5-6-13-21(19)17-24-18-23(27)14-8-16-25(22(23)26)15-7-12-20-10-3-2-4-11-20/h2-6,9-11,13,24,27H,7-8,12,14-18H2,1H3/t23-/m0/s1. The van der Waals surface area contributed by atoms with Gasteiger partial charge in [0.2, 0.25) is 0 Å². The van der Waals surface area contributed by atoms with Gasteiger partial charge >= 0.3 is 0 Å². The minimum absolute atomic E-state index is 0.126. The van der Waals surface area contributed by atoms with Crippen molar-refractivity contribution in [2.75, 3.05) is 19.6 Å². The summed E-state index contributed by atoms with van der Waals surface area (Å²) >= 11 is 0. The van der Waals surface area contributed by atoms with Gasteiger partial charge in [-0.2, -0.15) is 0 Å². The highest BCUT2D eigenvalue weighted by Gasteiger charge is 2.41. The lowest BCUT2D eigenvalue weighted by Gasteiger charge is -2.38. The van der Waals surface area contributed by atoms with E-state index in [0.29, 0.717) is 26.1 Å². The molecule has 4 heteroatoms. The van der Waals surface area contributed by atoms with Crippen LogP contribution in [0.4, 0.5) is 0 Å². The molecule has 1 saturated heterocycles. The number of piperidine rings is 1. The summed E-state index contributed by atoms with van der Waals surface area (Å²) in [4.78, 5) is 14.7. The zero-order chi connectivity index (χ0) is 19.1. The van der Waals surface area contributed by atoms with E-state index < -0.39 is 5.60 Å². The van der Waals surface area contributed by atoms with Gasteiger partial charge in [-0.3, -0.25) is 4.79 Å². The lowest BCUT2D eigenvalue weighted by atomic mass is 9.91. The Balaban J connectivity index is 1.49. The molecule has 1 aliphatic rings. The first kappa shape index (κ1) is 19.6. The predicted octanol–water partition coefficient (Wildman–Crippen LogP) is 3.07. The molecule has 0 radical (unpaired) electrons. The number of likely N-dealkylation sites (tertiary alicyclic amines) is 1. The molecular formula is C23H30N2O2. The molecule has 0 spiro atoms. The summed E-state index contributed by atoms with van der Waals surface area (Å²) in [5.41, 5.74) is 2.42. The molecule has 2 aromatic rings. The number of hydrogen-bond donors (Lipinski definition) is 2. The number of nitrogens with zero attached hydrogens (tertiary/aromatic N) is 1. The van der Waals surface area contributed by atoms with E-state index in [-0.39, 0.29) is 5.91 Å². The number of amides is 1. The Hall–Kier alpha value is -2.17. The molecule has 2 N–H and O–H groups in total. The molecular weight excluding hydrogens is 336 g/mol. The Kier molecular flexibility index (Phi) is 6.64. The molecule has 0 saturated carbocycles. The largest absolute Gasteiger partial charge is 0.379 e. The topological polar surface area (TPSA) is 52.6 Å². The maximum absolute atomic E-state index is 12.8. The molecule has 0 aromatic heterocycles. The Morgan fingerprint density at radius 3 is 2.63 bits per heavy atom. The van der Waals surface area contributed by atoms with Gasteiger partial charge in [0.05, 0.1) is 0 Å². The molecule has 3 rings (SSSR count). The molecule has 0 bridgehead atoms. The number of benzene rings is 2. The molecule has 1 aliphatic heterocycles. The molecule has 0 unspecified atom stereocenters. The van der Waals surface area contributed by atoms with Gasteiger partial charge in [0.15, 0.2) is 5.60 Å². The molecule has 0 aliphatic carbocycles. The first-order chi connectivity index (χ1) is 13.1. The van der Waals surface area contributed by atoms with E-state index in [9.17, 15) is 9.90 Å². The lowest BCUT2D eigenvalue weighted by molar-refractivity contribution is -0.156. The minimum atomic E-state index is -1.28. The quantitative estimate of drug-likeness (QED) is 0.755. The van der Waals surface area contributed by atoms with E-state index in [0.717, 1.165) is 25.8 Å². The van der Waals surface area contributed by atoms with Crippen LogP contribution < -0.4 is 5.32 Å². The average Bonchev–Trinajstić information content (AvgIpc) is 2.68. The molecule has 144 valence electrons. The Labute approximate surface area is 162 Å². The second kappa shape index (κ2) is 9.16. The van der Waals surface area contributed by atoms with Crippen LogP contribution in [0.15, 0.2) is 54.6 Å². The van der Waals surface area contributed by atoms with Gasteiger partial charge in [0.25, 0.3) is 5.91 Å². The lowest BCUT2D eigenvalue weighted by Crippen LogP contribution is -2.58. The second-order valence-corrected chi connectivity index (χ2v) is 7.55. The van der Waals surface area contributed by atoms with Crippen LogP contribution in [0.5, 0.6) is 0 Å². The highest BCUT2D eigenvalue weighted by molar-refractivity contribution is 5.86. The number of aliphatic hydroxyl groups is 1. The van der Waals surface area contributed by atoms with E-state index in [1.807, 2.05) is 35.2 Å². The Bertz CT molecular complexity index is 747. The van der Waals surface area contributed by atoms with Gasteiger partial charge in [-0.25, -0.2) is 0 Å². The average molecular weight is 367 g/mol. The molecule has 1 atom stereocenters. The molecule has 4 nitrogen and oxygen atoms in total. The summed E-state index contributed by atoms with van der Waals surface area (Å²) in [5.74, 6) is -0.126. The third-order valence-electron chi connectivity index (χ3n) is 5.43. The van der Waals surface area contributed by atoms with E-state index in [2.05, 4.69) is 36.5 Å². The van der Waals surface area contributed by atoms with Crippen molar-refractivity contribution in [2.45, 2.75) is 44.8 Å². The van der Waals surface area contributed by atoms with Crippen molar-refractivity contribution in [3.05, 3.63) is 71.3 Å². The molecule has 27 heavy (non-hydrogen) atoms. The highest BCUT2D eigenvalue weighted by Crippen LogP contribution is 2.23. The molecule has 1 amide bonds. The normalized spacial score (nSPS) is 20.1. The number of carbonyl (C=O) groups is 1.